The van der Waals surface area contributed by atoms with Gasteiger partial charge in [0, 0.05) is 20.0 Å². The van der Waals surface area contributed by atoms with Crippen LogP contribution in [-0.2, 0) is 4.79 Å². The van der Waals surface area contributed by atoms with E-state index in [1.54, 1.807) is 0 Å². The Morgan fingerprint density at radius 3 is 1.83 bits per heavy atom. The minimum absolute atomic E-state index is 0.407. The van der Waals surface area contributed by atoms with Crippen LogP contribution in [0.2, 0.25) is 0 Å². The summed E-state index contributed by atoms with van der Waals surface area (Å²) >= 11 is 0. The van der Waals surface area contributed by atoms with Gasteiger partial charge in [-0.1, -0.05) is 75.7 Å². The summed E-state index contributed by atoms with van der Waals surface area (Å²) in [6.07, 6.45) is 1.50. The van der Waals surface area contributed by atoms with Gasteiger partial charge < -0.3 is 5.11 Å². The number of benzene rings is 2. The fraction of sp³-hybridized carbons (Fsp3) is 0.476. The van der Waals surface area contributed by atoms with Crippen molar-refractivity contribution in [2.75, 3.05) is 7.11 Å². The highest BCUT2D eigenvalue weighted by Crippen LogP contribution is 2.14. The topological polar surface area (TPSA) is 37.3 Å². The predicted molar refractivity (Wildman–Crippen MR) is 101 cm³/mol. The number of aliphatic hydroxyl groups is 1. The molecule has 0 spiro atoms. The first kappa shape index (κ1) is 21.3. The maximum absolute atomic E-state index is 11.1. The molecule has 0 aliphatic heterocycles. The molecule has 2 aromatic carbocycles. The first-order chi connectivity index (χ1) is 10.9. The lowest BCUT2D eigenvalue weighted by molar-refractivity contribution is -0.120. The molecular weight excluding hydrogens is 284 g/mol. The molecule has 2 heteroatoms. The Labute approximate surface area is 141 Å². The van der Waals surface area contributed by atoms with Crippen LogP contribution in [0.4, 0.5) is 0 Å². The molecule has 0 amide bonds. The standard InChI is InChI=1S/C11H10.C9H18O.CH4O/c1-9-6-7-10-4-2-3-5-11(10)8-9;1-7(2)5-9(10)6-8(3)4;1-2/h2-8H,1H3;7-8H,5-6H2,1-4H3;2H,1H3. The Morgan fingerprint density at radius 1 is 0.870 bits per heavy atom. The van der Waals surface area contributed by atoms with E-state index < -0.39 is 0 Å². The number of aliphatic hydroxyl groups excluding tert-OH is 1. The van der Waals surface area contributed by atoms with Gasteiger partial charge in [0.15, 0.2) is 0 Å². The lowest BCUT2D eigenvalue weighted by Crippen LogP contribution is -2.05. The number of Topliss-reactive ketones (excluding diaryl/α,β-unsaturated/α-hetero) is 1. The third-order valence-electron chi connectivity index (χ3n) is 3.18. The van der Waals surface area contributed by atoms with Crippen molar-refractivity contribution in [1.29, 1.82) is 0 Å². The molecule has 2 rings (SSSR count). The molecule has 2 aromatic rings. The summed E-state index contributed by atoms with van der Waals surface area (Å²) in [7, 11) is 1.00. The van der Waals surface area contributed by atoms with Gasteiger partial charge in [-0.3, -0.25) is 4.79 Å². The summed E-state index contributed by atoms with van der Waals surface area (Å²) in [5.74, 6) is 1.45. The number of aryl methyl sites for hydroxylation is 1. The zero-order valence-corrected chi connectivity index (χ0v) is 15.5. The Morgan fingerprint density at radius 2 is 1.35 bits per heavy atom. The minimum Gasteiger partial charge on any atom is -0.400 e. The Kier molecular flexibility index (Phi) is 11.0. The third-order valence-corrected chi connectivity index (χ3v) is 3.18. The molecule has 0 atom stereocenters. The molecule has 23 heavy (non-hydrogen) atoms. The summed E-state index contributed by atoms with van der Waals surface area (Å²) in [6.45, 7) is 10.4. The van der Waals surface area contributed by atoms with E-state index in [9.17, 15) is 4.79 Å². The highest BCUT2D eigenvalue weighted by Gasteiger charge is 2.06. The van der Waals surface area contributed by atoms with E-state index in [4.69, 9.17) is 5.11 Å². The van der Waals surface area contributed by atoms with Gasteiger partial charge in [0.05, 0.1) is 0 Å². The summed E-state index contributed by atoms with van der Waals surface area (Å²) in [4.78, 5) is 11.1. The van der Waals surface area contributed by atoms with Crippen LogP contribution in [0.1, 0.15) is 46.1 Å². The number of carbonyl (C=O) groups is 1. The van der Waals surface area contributed by atoms with E-state index in [1.165, 1.54) is 16.3 Å². The molecule has 0 aliphatic rings. The van der Waals surface area contributed by atoms with Crippen LogP contribution in [-0.4, -0.2) is 18.0 Å². The highest BCUT2D eigenvalue weighted by atomic mass is 16.2. The maximum Gasteiger partial charge on any atom is 0.133 e. The van der Waals surface area contributed by atoms with Crippen LogP contribution in [0.15, 0.2) is 42.5 Å². The first-order valence-corrected chi connectivity index (χ1v) is 8.30. The fourth-order valence-corrected chi connectivity index (χ4v) is 2.30. The van der Waals surface area contributed by atoms with Gasteiger partial charge in [0.2, 0.25) is 0 Å². The van der Waals surface area contributed by atoms with Crippen molar-refractivity contribution in [3.63, 3.8) is 0 Å². The van der Waals surface area contributed by atoms with Crippen LogP contribution in [0.5, 0.6) is 0 Å². The number of carbonyl (C=O) groups excluding carboxylic acids is 1. The average molecular weight is 316 g/mol. The fourth-order valence-electron chi connectivity index (χ4n) is 2.30. The molecule has 0 aromatic heterocycles. The summed E-state index contributed by atoms with van der Waals surface area (Å²) in [5.41, 5.74) is 1.32. The number of fused-ring (bicyclic) bond motifs is 1. The second-order valence-corrected chi connectivity index (χ2v) is 6.59. The van der Waals surface area contributed by atoms with Crippen molar-refractivity contribution in [3.8, 4) is 0 Å². The van der Waals surface area contributed by atoms with E-state index in [-0.39, 0.29) is 0 Å². The van der Waals surface area contributed by atoms with E-state index in [2.05, 4.69) is 77.1 Å². The number of ketones is 1. The second-order valence-electron chi connectivity index (χ2n) is 6.59. The lowest BCUT2D eigenvalue weighted by Gasteiger charge is -2.05. The Hall–Kier alpha value is -1.67. The molecule has 0 unspecified atom stereocenters. The van der Waals surface area contributed by atoms with Gasteiger partial charge in [-0.05, 0) is 29.5 Å². The van der Waals surface area contributed by atoms with Crippen LogP contribution in [0.3, 0.4) is 0 Å². The van der Waals surface area contributed by atoms with E-state index in [1.807, 2.05) is 0 Å². The van der Waals surface area contributed by atoms with Gasteiger partial charge >= 0.3 is 0 Å². The minimum atomic E-state index is 0.407. The van der Waals surface area contributed by atoms with Crippen LogP contribution >= 0.6 is 0 Å². The van der Waals surface area contributed by atoms with Crippen molar-refractivity contribution in [3.05, 3.63) is 48.0 Å². The van der Waals surface area contributed by atoms with Crippen molar-refractivity contribution >= 4 is 16.6 Å². The van der Waals surface area contributed by atoms with Gasteiger partial charge in [-0.25, -0.2) is 0 Å². The molecule has 0 fully saturated rings. The molecule has 0 saturated heterocycles. The zero-order chi connectivity index (χ0) is 17.8. The average Bonchev–Trinajstić information content (AvgIpc) is 2.48. The van der Waals surface area contributed by atoms with Gasteiger partial charge in [-0.2, -0.15) is 0 Å². The molecule has 0 heterocycles. The molecule has 128 valence electrons. The van der Waals surface area contributed by atoms with E-state index >= 15 is 0 Å². The lowest BCUT2D eigenvalue weighted by atomic mass is 10.00. The largest absolute Gasteiger partial charge is 0.400 e. The molecule has 0 radical (unpaired) electrons. The van der Waals surface area contributed by atoms with E-state index in [0.29, 0.717) is 17.6 Å². The maximum atomic E-state index is 11.1. The first-order valence-electron chi connectivity index (χ1n) is 8.30. The SMILES string of the molecule is CC(C)CC(=O)CC(C)C.CO.Cc1ccc2ccccc2c1. The van der Waals surface area contributed by atoms with Crippen LogP contribution < -0.4 is 0 Å². The van der Waals surface area contributed by atoms with E-state index in [0.717, 1.165) is 20.0 Å². The third kappa shape index (κ3) is 9.85. The second kappa shape index (κ2) is 11.8. The molecule has 1 N–H and O–H groups in total. The quantitative estimate of drug-likeness (QED) is 0.819. The molecular formula is C21H32O2. The smallest absolute Gasteiger partial charge is 0.133 e. The van der Waals surface area contributed by atoms with Crippen molar-refractivity contribution < 1.29 is 9.90 Å². The van der Waals surface area contributed by atoms with Crippen molar-refractivity contribution in [2.45, 2.75) is 47.5 Å². The number of rotatable bonds is 4. The van der Waals surface area contributed by atoms with Gasteiger partial charge in [0.25, 0.3) is 0 Å². The molecule has 0 bridgehead atoms. The monoisotopic (exact) mass is 316 g/mol. The Balaban J connectivity index is 0.000000383. The summed E-state index contributed by atoms with van der Waals surface area (Å²) < 4.78 is 0. The highest BCUT2D eigenvalue weighted by molar-refractivity contribution is 5.82. The van der Waals surface area contributed by atoms with Crippen LogP contribution in [0.25, 0.3) is 10.8 Å². The number of hydrogen-bond acceptors (Lipinski definition) is 2. The van der Waals surface area contributed by atoms with Gasteiger partial charge in [-0.15, -0.1) is 0 Å². The van der Waals surface area contributed by atoms with Crippen LogP contribution in [0, 0.1) is 18.8 Å². The normalized spacial score (nSPS) is 9.96. The summed E-state index contributed by atoms with van der Waals surface area (Å²) in [5, 5.41) is 9.64. The van der Waals surface area contributed by atoms with Crippen molar-refractivity contribution in [1.82, 2.24) is 0 Å². The van der Waals surface area contributed by atoms with Gasteiger partial charge in [0.1, 0.15) is 5.78 Å². The zero-order valence-electron chi connectivity index (χ0n) is 15.5. The predicted octanol–water partition coefficient (Wildman–Crippen LogP) is 5.40. The molecule has 0 aliphatic carbocycles. The molecule has 0 saturated carbocycles. The summed E-state index contributed by atoms with van der Waals surface area (Å²) in [6, 6.07) is 14.9. The van der Waals surface area contributed by atoms with Crippen molar-refractivity contribution in [2.24, 2.45) is 11.8 Å². The molecule has 2 nitrogen and oxygen atoms in total. The number of hydrogen-bond donors (Lipinski definition) is 1. The Bertz CT molecular complexity index is 559.